The first-order chi connectivity index (χ1) is 13.1. The summed E-state index contributed by atoms with van der Waals surface area (Å²) in [5, 5.41) is 6.84. The third kappa shape index (κ3) is 3.77. The van der Waals surface area contributed by atoms with Crippen LogP contribution >= 0.6 is 11.6 Å². The van der Waals surface area contributed by atoms with Gasteiger partial charge in [-0.1, -0.05) is 24.1 Å². The summed E-state index contributed by atoms with van der Waals surface area (Å²) in [6.45, 7) is 1.79. The first-order valence-electron chi connectivity index (χ1n) is 9.14. The summed E-state index contributed by atoms with van der Waals surface area (Å²) in [7, 11) is 1.93. The van der Waals surface area contributed by atoms with Gasteiger partial charge in [-0.05, 0) is 37.1 Å². The zero-order chi connectivity index (χ0) is 18.8. The highest BCUT2D eigenvalue weighted by Crippen LogP contribution is 2.28. The number of benzene rings is 1. The van der Waals surface area contributed by atoms with Crippen LogP contribution in [0.5, 0.6) is 0 Å². The van der Waals surface area contributed by atoms with Gasteiger partial charge < -0.3 is 9.88 Å². The van der Waals surface area contributed by atoms with Gasteiger partial charge in [0.25, 0.3) is 5.91 Å². The van der Waals surface area contributed by atoms with Crippen LogP contribution in [0.1, 0.15) is 29.6 Å². The van der Waals surface area contributed by atoms with Crippen molar-refractivity contribution in [2.45, 2.75) is 19.3 Å². The molecule has 27 heavy (non-hydrogen) atoms. The standard InChI is InChI=1S/C20H22ClN5O/c1-25-11-8-16-18(25)17(20(27)24-26-9-3-2-4-10-26)13-22-19(16)23-15-7-5-6-14(21)12-15/h5-8,11-13H,2-4,9-10H2,1H3,(H,22,23)(H,24,27). The molecular formula is C20H22ClN5O. The van der Waals surface area contributed by atoms with Gasteiger partial charge in [0.05, 0.1) is 11.1 Å². The molecule has 3 heterocycles. The fourth-order valence-corrected chi connectivity index (χ4v) is 3.68. The van der Waals surface area contributed by atoms with Crippen molar-refractivity contribution in [1.29, 1.82) is 0 Å². The molecule has 2 aromatic heterocycles. The molecule has 0 radical (unpaired) electrons. The number of hydrogen-bond acceptors (Lipinski definition) is 4. The second-order valence-electron chi connectivity index (χ2n) is 6.83. The lowest BCUT2D eigenvalue weighted by molar-refractivity contribution is 0.0751. The van der Waals surface area contributed by atoms with E-state index in [-0.39, 0.29) is 5.91 Å². The Morgan fingerprint density at radius 3 is 2.78 bits per heavy atom. The van der Waals surface area contributed by atoms with Gasteiger partial charge in [-0.15, -0.1) is 0 Å². The van der Waals surface area contributed by atoms with Gasteiger partial charge in [-0.25, -0.2) is 9.99 Å². The number of hydrogen-bond donors (Lipinski definition) is 2. The molecule has 0 spiro atoms. The van der Waals surface area contributed by atoms with E-state index in [2.05, 4.69) is 15.7 Å². The lowest BCUT2D eigenvalue weighted by atomic mass is 10.1. The molecule has 1 saturated heterocycles. The Kier molecular flexibility index (Phi) is 5.01. The number of aromatic nitrogens is 2. The molecule has 0 unspecified atom stereocenters. The van der Waals surface area contributed by atoms with Crippen LogP contribution in [0.15, 0.2) is 42.7 Å². The second kappa shape index (κ2) is 7.58. The molecule has 140 valence electrons. The number of carbonyl (C=O) groups excluding carboxylic acids is 1. The maximum Gasteiger partial charge on any atom is 0.269 e. The molecule has 1 amide bonds. The molecule has 1 fully saturated rings. The quantitative estimate of drug-likeness (QED) is 0.712. The van der Waals surface area contributed by atoms with Crippen LogP contribution in [0, 0.1) is 0 Å². The molecule has 0 saturated carbocycles. The zero-order valence-electron chi connectivity index (χ0n) is 15.2. The SMILES string of the molecule is Cn1ccc2c(Nc3cccc(Cl)c3)ncc(C(=O)NN3CCCCC3)c21. The van der Waals surface area contributed by atoms with Gasteiger partial charge in [0.15, 0.2) is 0 Å². The Bertz CT molecular complexity index is 978. The number of halogens is 1. The third-order valence-electron chi connectivity index (χ3n) is 4.85. The van der Waals surface area contributed by atoms with Crippen LogP contribution in [0.4, 0.5) is 11.5 Å². The van der Waals surface area contributed by atoms with E-state index in [4.69, 9.17) is 11.6 Å². The minimum atomic E-state index is -0.120. The van der Waals surface area contributed by atoms with Crippen LogP contribution in [0.3, 0.4) is 0 Å². The average Bonchev–Trinajstić information content (AvgIpc) is 3.05. The molecule has 4 rings (SSSR count). The minimum Gasteiger partial charge on any atom is -0.350 e. The number of hydrazine groups is 1. The van der Waals surface area contributed by atoms with Crippen LogP contribution in [0.2, 0.25) is 5.02 Å². The highest BCUT2D eigenvalue weighted by Gasteiger charge is 2.19. The average molecular weight is 384 g/mol. The highest BCUT2D eigenvalue weighted by molar-refractivity contribution is 6.30. The predicted molar refractivity (Wildman–Crippen MR) is 108 cm³/mol. The molecule has 3 aromatic rings. The van der Waals surface area contributed by atoms with E-state index in [1.807, 2.05) is 53.2 Å². The maximum absolute atomic E-state index is 12.8. The summed E-state index contributed by atoms with van der Waals surface area (Å²) >= 11 is 6.07. The lowest BCUT2D eigenvalue weighted by Crippen LogP contribution is -2.45. The molecule has 2 N–H and O–H groups in total. The Labute approximate surface area is 163 Å². The van der Waals surface area contributed by atoms with Crippen LogP contribution in [-0.2, 0) is 7.05 Å². The largest absolute Gasteiger partial charge is 0.350 e. The normalized spacial score (nSPS) is 15.0. The Morgan fingerprint density at radius 1 is 1.19 bits per heavy atom. The van der Waals surface area contributed by atoms with Crippen LogP contribution in [0.25, 0.3) is 10.9 Å². The number of piperidine rings is 1. The van der Waals surface area contributed by atoms with E-state index in [1.54, 1.807) is 6.20 Å². The molecule has 0 bridgehead atoms. The van der Waals surface area contributed by atoms with Gasteiger partial charge in [0, 0.05) is 48.6 Å². The first-order valence-corrected chi connectivity index (χ1v) is 9.52. The van der Waals surface area contributed by atoms with Crippen molar-refractivity contribution in [2.24, 2.45) is 7.05 Å². The van der Waals surface area contributed by atoms with Gasteiger partial charge in [-0.2, -0.15) is 0 Å². The van der Waals surface area contributed by atoms with Crippen molar-refractivity contribution in [2.75, 3.05) is 18.4 Å². The number of pyridine rings is 1. The van der Waals surface area contributed by atoms with Crippen molar-refractivity contribution >= 4 is 39.9 Å². The van der Waals surface area contributed by atoms with Crippen molar-refractivity contribution in [3.8, 4) is 0 Å². The van der Waals surface area contributed by atoms with Gasteiger partial charge in [0.2, 0.25) is 0 Å². The summed E-state index contributed by atoms with van der Waals surface area (Å²) in [5.41, 5.74) is 5.30. The highest BCUT2D eigenvalue weighted by atomic mass is 35.5. The van der Waals surface area contributed by atoms with E-state index >= 15 is 0 Å². The number of nitrogens with one attached hydrogen (secondary N) is 2. The summed E-state index contributed by atoms with van der Waals surface area (Å²) in [5.74, 6) is 0.577. The molecule has 0 atom stereocenters. The summed E-state index contributed by atoms with van der Waals surface area (Å²) in [4.78, 5) is 17.4. The molecular weight excluding hydrogens is 362 g/mol. The van der Waals surface area contributed by atoms with E-state index in [9.17, 15) is 4.79 Å². The monoisotopic (exact) mass is 383 g/mol. The third-order valence-corrected chi connectivity index (χ3v) is 5.09. The fraction of sp³-hybridized carbons (Fsp3) is 0.300. The van der Waals surface area contributed by atoms with Crippen molar-refractivity contribution in [3.05, 3.63) is 53.3 Å². The topological polar surface area (TPSA) is 62.2 Å². The lowest BCUT2D eigenvalue weighted by Gasteiger charge is -2.27. The predicted octanol–water partition coefficient (Wildman–Crippen LogP) is 4.10. The second-order valence-corrected chi connectivity index (χ2v) is 7.27. The number of fused-ring (bicyclic) bond motifs is 1. The Balaban J connectivity index is 1.65. The van der Waals surface area contributed by atoms with Crippen molar-refractivity contribution in [1.82, 2.24) is 20.0 Å². The Morgan fingerprint density at radius 2 is 2.00 bits per heavy atom. The smallest absolute Gasteiger partial charge is 0.269 e. The molecule has 0 aliphatic carbocycles. The fourth-order valence-electron chi connectivity index (χ4n) is 3.49. The maximum atomic E-state index is 12.8. The van der Waals surface area contributed by atoms with E-state index in [1.165, 1.54) is 6.42 Å². The van der Waals surface area contributed by atoms with Gasteiger partial charge in [-0.3, -0.25) is 10.2 Å². The summed E-state index contributed by atoms with van der Waals surface area (Å²) < 4.78 is 1.95. The van der Waals surface area contributed by atoms with Crippen molar-refractivity contribution in [3.63, 3.8) is 0 Å². The zero-order valence-corrected chi connectivity index (χ0v) is 16.0. The summed E-state index contributed by atoms with van der Waals surface area (Å²) in [6.07, 6.45) is 7.02. The Hall–Kier alpha value is -2.57. The number of amides is 1. The molecule has 7 heteroatoms. The minimum absolute atomic E-state index is 0.120. The number of rotatable bonds is 4. The van der Waals surface area contributed by atoms with E-state index in [0.29, 0.717) is 16.4 Å². The van der Waals surface area contributed by atoms with Crippen molar-refractivity contribution < 1.29 is 4.79 Å². The number of anilines is 2. The van der Waals surface area contributed by atoms with Crippen LogP contribution in [-0.4, -0.2) is 33.6 Å². The molecule has 1 aliphatic heterocycles. The van der Waals surface area contributed by atoms with Gasteiger partial charge in [0.1, 0.15) is 5.82 Å². The molecule has 6 nitrogen and oxygen atoms in total. The number of nitrogens with zero attached hydrogens (tertiary/aromatic N) is 3. The molecule has 1 aliphatic rings. The van der Waals surface area contributed by atoms with E-state index in [0.717, 1.165) is 42.5 Å². The van der Waals surface area contributed by atoms with Gasteiger partial charge >= 0.3 is 0 Å². The summed E-state index contributed by atoms with van der Waals surface area (Å²) in [6, 6.07) is 9.45. The number of aryl methyl sites for hydroxylation is 1. The molecule has 1 aromatic carbocycles. The van der Waals surface area contributed by atoms with E-state index < -0.39 is 0 Å². The first kappa shape index (κ1) is 17.8. The van der Waals surface area contributed by atoms with Crippen LogP contribution < -0.4 is 10.7 Å². The number of carbonyl (C=O) groups is 1.